The third-order valence-corrected chi connectivity index (χ3v) is 4.34. The third-order valence-electron chi connectivity index (χ3n) is 3.03. The molecule has 21 heavy (non-hydrogen) atoms. The van der Waals surface area contributed by atoms with E-state index in [0.717, 1.165) is 18.5 Å². The molecule has 1 aromatic heterocycles. The van der Waals surface area contributed by atoms with E-state index < -0.39 is 0 Å². The van der Waals surface area contributed by atoms with Crippen LogP contribution in [0.1, 0.15) is 46.2 Å². The van der Waals surface area contributed by atoms with Crippen LogP contribution in [0.5, 0.6) is 0 Å². The molecular formula is C15H25N3O2S. The normalized spacial score (nSPS) is 12.5. The van der Waals surface area contributed by atoms with Crippen molar-refractivity contribution >= 4 is 17.7 Å². The van der Waals surface area contributed by atoms with Gasteiger partial charge >= 0.3 is 0 Å². The summed E-state index contributed by atoms with van der Waals surface area (Å²) in [6.07, 6.45) is 2.38. The van der Waals surface area contributed by atoms with Crippen molar-refractivity contribution in [1.29, 1.82) is 0 Å². The predicted molar refractivity (Wildman–Crippen MR) is 86.7 cm³/mol. The van der Waals surface area contributed by atoms with E-state index in [9.17, 15) is 9.59 Å². The Bertz CT molecular complexity index is 540. The van der Waals surface area contributed by atoms with E-state index in [1.165, 1.54) is 16.3 Å². The van der Waals surface area contributed by atoms with Gasteiger partial charge in [-0.2, -0.15) is 0 Å². The number of aromatic nitrogens is 2. The van der Waals surface area contributed by atoms with Crippen molar-refractivity contribution in [3.63, 3.8) is 0 Å². The Morgan fingerprint density at radius 3 is 2.62 bits per heavy atom. The molecular weight excluding hydrogens is 286 g/mol. The molecule has 0 radical (unpaired) electrons. The lowest BCUT2D eigenvalue weighted by Gasteiger charge is -2.18. The summed E-state index contributed by atoms with van der Waals surface area (Å²) in [5.74, 6) is 0.00741. The fourth-order valence-electron chi connectivity index (χ4n) is 1.86. The van der Waals surface area contributed by atoms with Crippen LogP contribution in [0.15, 0.2) is 16.0 Å². The van der Waals surface area contributed by atoms with Gasteiger partial charge in [0.05, 0.1) is 5.25 Å². The van der Waals surface area contributed by atoms with Crippen LogP contribution >= 0.6 is 11.8 Å². The molecule has 0 saturated carbocycles. The molecule has 1 unspecified atom stereocenters. The summed E-state index contributed by atoms with van der Waals surface area (Å²) in [7, 11) is 1.69. The second kappa shape index (κ2) is 8.22. The monoisotopic (exact) mass is 311 g/mol. The van der Waals surface area contributed by atoms with Crippen molar-refractivity contribution in [2.75, 3.05) is 0 Å². The summed E-state index contributed by atoms with van der Waals surface area (Å²) in [6.45, 7) is 7.89. The third kappa shape index (κ3) is 5.19. The Morgan fingerprint density at radius 1 is 1.43 bits per heavy atom. The molecule has 0 bridgehead atoms. The van der Waals surface area contributed by atoms with Crippen LogP contribution in [0.2, 0.25) is 0 Å². The summed E-state index contributed by atoms with van der Waals surface area (Å²) in [4.78, 5) is 28.6. The number of thioether (sulfide) groups is 1. The van der Waals surface area contributed by atoms with Crippen molar-refractivity contribution in [1.82, 2.24) is 14.9 Å². The highest BCUT2D eigenvalue weighted by Gasteiger charge is 2.22. The molecule has 0 spiro atoms. The van der Waals surface area contributed by atoms with Gasteiger partial charge in [-0.1, -0.05) is 32.0 Å². The van der Waals surface area contributed by atoms with Gasteiger partial charge in [0, 0.05) is 24.8 Å². The number of aryl methyl sites for hydroxylation is 1. The lowest BCUT2D eigenvalue weighted by molar-refractivity contribution is -0.121. The van der Waals surface area contributed by atoms with Gasteiger partial charge in [-0.3, -0.25) is 14.2 Å². The SMILES string of the molecule is CCCC(Sc1nc(CC)cc(=O)n1C)C(=O)NC(C)C. The minimum atomic E-state index is -0.220. The maximum Gasteiger partial charge on any atom is 0.254 e. The summed E-state index contributed by atoms with van der Waals surface area (Å²) in [5, 5.41) is 3.32. The number of carbonyl (C=O) groups excluding carboxylic acids is 1. The van der Waals surface area contributed by atoms with Gasteiger partial charge in [-0.15, -0.1) is 0 Å². The van der Waals surface area contributed by atoms with Gasteiger partial charge in [0.25, 0.3) is 5.56 Å². The number of hydrogen-bond donors (Lipinski definition) is 1. The van der Waals surface area contributed by atoms with Crippen molar-refractivity contribution in [3.05, 3.63) is 22.1 Å². The zero-order chi connectivity index (χ0) is 16.0. The number of hydrogen-bond acceptors (Lipinski definition) is 4. The lowest BCUT2D eigenvalue weighted by atomic mass is 10.2. The Balaban J connectivity index is 3.01. The maximum atomic E-state index is 12.3. The smallest absolute Gasteiger partial charge is 0.254 e. The Morgan fingerprint density at radius 2 is 2.10 bits per heavy atom. The largest absolute Gasteiger partial charge is 0.353 e. The molecule has 1 amide bonds. The summed E-state index contributed by atoms with van der Waals surface area (Å²) in [6, 6.07) is 1.66. The number of amides is 1. The molecule has 5 nitrogen and oxygen atoms in total. The quantitative estimate of drug-likeness (QED) is 0.619. The Labute approximate surface area is 130 Å². The van der Waals surface area contributed by atoms with Crippen LogP contribution in [0.4, 0.5) is 0 Å². The zero-order valence-corrected chi connectivity index (χ0v) is 14.3. The topological polar surface area (TPSA) is 64.0 Å². The van der Waals surface area contributed by atoms with E-state index in [-0.39, 0.29) is 22.8 Å². The molecule has 6 heteroatoms. The van der Waals surface area contributed by atoms with E-state index >= 15 is 0 Å². The van der Waals surface area contributed by atoms with E-state index in [4.69, 9.17) is 0 Å². The van der Waals surface area contributed by atoms with Crippen LogP contribution in [0, 0.1) is 0 Å². The molecule has 1 N–H and O–H groups in total. The van der Waals surface area contributed by atoms with Crippen molar-refractivity contribution < 1.29 is 4.79 Å². The minimum Gasteiger partial charge on any atom is -0.353 e. The van der Waals surface area contributed by atoms with Gasteiger partial charge in [0.1, 0.15) is 0 Å². The molecule has 0 saturated heterocycles. The molecule has 118 valence electrons. The van der Waals surface area contributed by atoms with Crippen molar-refractivity contribution in [2.24, 2.45) is 7.05 Å². The number of rotatable bonds is 7. The van der Waals surface area contributed by atoms with Gasteiger partial charge < -0.3 is 5.32 Å². The predicted octanol–water partition coefficient (Wildman–Crippen LogP) is 2.13. The van der Waals surface area contributed by atoms with Gasteiger partial charge in [0.2, 0.25) is 5.91 Å². The first-order valence-corrected chi connectivity index (χ1v) is 8.30. The molecule has 1 heterocycles. The maximum absolute atomic E-state index is 12.3. The molecule has 1 rings (SSSR count). The standard InChI is InChI=1S/C15H25N3O2S/c1-6-8-12(14(20)16-10(3)4)21-15-17-11(7-2)9-13(19)18(15)5/h9-10,12H,6-8H2,1-5H3,(H,16,20). The van der Waals surface area contributed by atoms with E-state index in [2.05, 4.69) is 10.3 Å². The lowest BCUT2D eigenvalue weighted by Crippen LogP contribution is -2.37. The molecule has 0 aliphatic heterocycles. The van der Waals surface area contributed by atoms with Crippen molar-refractivity contribution in [2.45, 2.75) is 63.4 Å². The van der Waals surface area contributed by atoms with Crippen LogP contribution in [0.25, 0.3) is 0 Å². The minimum absolute atomic E-state index is 0.00741. The van der Waals surface area contributed by atoms with Crippen molar-refractivity contribution in [3.8, 4) is 0 Å². The van der Waals surface area contributed by atoms with Gasteiger partial charge in [0.15, 0.2) is 5.16 Å². The first kappa shape index (κ1) is 17.8. The Hall–Kier alpha value is -1.30. The Kier molecular flexibility index (Phi) is 6.95. The van der Waals surface area contributed by atoms with Gasteiger partial charge in [-0.05, 0) is 26.7 Å². The van der Waals surface area contributed by atoms with E-state index in [1.807, 2.05) is 27.7 Å². The number of nitrogens with one attached hydrogen (secondary N) is 1. The summed E-state index contributed by atoms with van der Waals surface area (Å²) in [5.41, 5.74) is 0.684. The second-order valence-electron chi connectivity index (χ2n) is 5.34. The van der Waals surface area contributed by atoms with E-state index in [0.29, 0.717) is 11.6 Å². The molecule has 0 aromatic carbocycles. The summed E-state index contributed by atoms with van der Waals surface area (Å²) < 4.78 is 1.51. The number of nitrogens with zero attached hydrogens (tertiary/aromatic N) is 2. The second-order valence-corrected chi connectivity index (χ2v) is 6.51. The fraction of sp³-hybridized carbons (Fsp3) is 0.667. The van der Waals surface area contributed by atoms with Gasteiger partial charge in [-0.25, -0.2) is 4.98 Å². The molecule has 0 fully saturated rings. The fourth-order valence-corrected chi connectivity index (χ4v) is 3.06. The van der Waals surface area contributed by atoms with Crippen LogP contribution in [0.3, 0.4) is 0 Å². The van der Waals surface area contributed by atoms with E-state index in [1.54, 1.807) is 13.1 Å². The van der Waals surface area contributed by atoms with Crippen LogP contribution in [-0.4, -0.2) is 26.8 Å². The molecule has 1 atom stereocenters. The molecule has 0 aliphatic carbocycles. The highest BCUT2D eigenvalue weighted by Crippen LogP contribution is 2.24. The highest BCUT2D eigenvalue weighted by molar-refractivity contribution is 8.00. The van der Waals surface area contributed by atoms with Crippen LogP contribution < -0.4 is 10.9 Å². The number of carbonyl (C=O) groups is 1. The first-order chi connectivity index (χ1) is 9.88. The highest BCUT2D eigenvalue weighted by atomic mass is 32.2. The zero-order valence-electron chi connectivity index (χ0n) is 13.5. The molecule has 1 aromatic rings. The summed E-state index contributed by atoms with van der Waals surface area (Å²) >= 11 is 1.37. The first-order valence-electron chi connectivity index (χ1n) is 7.43. The molecule has 0 aliphatic rings. The van der Waals surface area contributed by atoms with Crippen LogP contribution in [-0.2, 0) is 18.3 Å². The average Bonchev–Trinajstić information content (AvgIpc) is 2.42. The average molecular weight is 311 g/mol.